The van der Waals surface area contributed by atoms with E-state index >= 15 is 0 Å². The predicted octanol–water partition coefficient (Wildman–Crippen LogP) is 2.29. The Morgan fingerprint density at radius 3 is 2.87 bits per heavy atom. The molecule has 1 saturated carbocycles. The SMILES string of the molecule is CCC(C)C(N[C@@H]1CC[C@@]2(OC)C3Cc4ccc(O)c5c4[C@@]2(CCN3C)[C@H]1O5)C(=O)O. The zero-order valence-electron chi connectivity index (χ0n) is 18.9. The molecule has 2 fully saturated rings. The van der Waals surface area contributed by atoms with Crippen LogP contribution in [0.25, 0.3) is 0 Å². The molecule has 31 heavy (non-hydrogen) atoms. The number of rotatable bonds is 6. The molecular formula is C24H34N2O5. The Balaban J connectivity index is 1.64. The first-order chi connectivity index (χ1) is 14.8. The normalized spacial score (nSPS) is 37.6. The van der Waals surface area contributed by atoms with Crippen molar-refractivity contribution in [2.75, 3.05) is 20.7 Å². The van der Waals surface area contributed by atoms with E-state index in [9.17, 15) is 15.0 Å². The molecule has 7 atom stereocenters. The number of carboxylic acid groups (broad SMARTS) is 1. The Bertz CT molecular complexity index is 906. The summed E-state index contributed by atoms with van der Waals surface area (Å²) in [6.45, 7) is 4.92. The van der Waals surface area contributed by atoms with Crippen LogP contribution < -0.4 is 10.1 Å². The predicted molar refractivity (Wildman–Crippen MR) is 116 cm³/mol. The second-order valence-electron chi connectivity index (χ2n) is 10.0. The zero-order valence-corrected chi connectivity index (χ0v) is 18.9. The van der Waals surface area contributed by atoms with E-state index in [1.54, 1.807) is 6.07 Å². The van der Waals surface area contributed by atoms with Crippen LogP contribution in [0.1, 0.15) is 50.7 Å². The number of aliphatic carboxylic acids is 1. The molecule has 5 rings (SSSR count). The Labute approximate surface area is 183 Å². The van der Waals surface area contributed by atoms with Gasteiger partial charge in [0.15, 0.2) is 11.5 Å². The lowest BCUT2D eigenvalue weighted by molar-refractivity contribution is -0.204. The summed E-state index contributed by atoms with van der Waals surface area (Å²) < 4.78 is 13.0. The number of piperidine rings is 1. The smallest absolute Gasteiger partial charge is 0.320 e. The van der Waals surface area contributed by atoms with Gasteiger partial charge in [0.2, 0.25) is 0 Å². The number of hydrogen-bond donors (Lipinski definition) is 3. The molecule has 4 aliphatic rings. The number of carboxylic acids is 1. The van der Waals surface area contributed by atoms with Gasteiger partial charge in [-0.1, -0.05) is 26.3 Å². The molecule has 1 spiro atoms. The van der Waals surface area contributed by atoms with Gasteiger partial charge in [0.05, 0.1) is 11.0 Å². The summed E-state index contributed by atoms with van der Waals surface area (Å²) in [7, 11) is 3.98. The van der Waals surface area contributed by atoms with Crippen molar-refractivity contribution in [1.82, 2.24) is 10.2 Å². The van der Waals surface area contributed by atoms with E-state index in [1.165, 1.54) is 5.56 Å². The van der Waals surface area contributed by atoms with Crippen LogP contribution in [0.4, 0.5) is 0 Å². The van der Waals surface area contributed by atoms with Gasteiger partial charge in [-0.3, -0.25) is 10.1 Å². The van der Waals surface area contributed by atoms with Crippen LogP contribution in [0.15, 0.2) is 12.1 Å². The first-order valence-corrected chi connectivity index (χ1v) is 11.6. The number of methoxy groups -OCH3 is 1. The average Bonchev–Trinajstić information content (AvgIpc) is 3.12. The fourth-order valence-corrected chi connectivity index (χ4v) is 7.26. The Morgan fingerprint density at radius 2 is 2.19 bits per heavy atom. The Morgan fingerprint density at radius 1 is 1.42 bits per heavy atom. The first kappa shape index (κ1) is 21.0. The highest BCUT2D eigenvalue weighted by Gasteiger charge is 2.73. The monoisotopic (exact) mass is 430 g/mol. The molecule has 2 aliphatic carbocycles. The number of phenols is 1. The number of aromatic hydroxyl groups is 1. The van der Waals surface area contributed by atoms with Gasteiger partial charge in [-0.2, -0.15) is 0 Å². The third kappa shape index (κ3) is 2.54. The van der Waals surface area contributed by atoms with Crippen molar-refractivity contribution >= 4 is 5.97 Å². The van der Waals surface area contributed by atoms with E-state index in [2.05, 4.69) is 17.3 Å². The van der Waals surface area contributed by atoms with Crippen molar-refractivity contribution in [3.05, 3.63) is 23.3 Å². The molecule has 2 heterocycles. The minimum atomic E-state index is -0.820. The largest absolute Gasteiger partial charge is 0.504 e. The maximum absolute atomic E-state index is 12.1. The summed E-state index contributed by atoms with van der Waals surface area (Å²) in [4.78, 5) is 14.5. The van der Waals surface area contributed by atoms with Gasteiger partial charge in [-0.15, -0.1) is 0 Å². The van der Waals surface area contributed by atoms with E-state index in [4.69, 9.17) is 9.47 Å². The molecule has 0 amide bonds. The molecule has 0 radical (unpaired) electrons. The summed E-state index contributed by atoms with van der Waals surface area (Å²) in [5, 5.41) is 24.1. The maximum atomic E-state index is 12.1. The van der Waals surface area contributed by atoms with Crippen LogP contribution in [0.5, 0.6) is 11.5 Å². The lowest BCUT2D eigenvalue weighted by atomic mass is 9.48. The molecule has 2 aliphatic heterocycles. The first-order valence-electron chi connectivity index (χ1n) is 11.6. The second kappa shape index (κ2) is 7.09. The lowest BCUT2D eigenvalue weighted by Crippen LogP contribution is -2.78. The molecule has 3 N–H and O–H groups in total. The van der Waals surface area contributed by atoms with Crippen LogP contribution in [0.3, 0.4) is 0 Å². The number of likely N-dealkylation sites (N-methyl/N-ethyl adjacent to an activating group) is 1. The summed E-state index contributed by atoms with van der Waals surface area (Å²) >= 11 is 0. The van der Waals surface area contributed by atoms with Gasteiger partial charge >= 0.3 is 5.97 Å². The fraction of sp³-hybridized carbons (Fsp3) is 0.708. The van der Waals surface area contributed by atoms with E-state index in [-0.39, 0.29) is 29.9 Å². The number of nitrogens with zero attached hydrogens (tertiary/aromatic N) is 1. The summed E-state index contributed by atoms with van der Waals surface area (Å²) in [5.74, 6) is -0.0655. The number of benzene rings is 1. The van der Waals surface area contributed by atoms with Crippen LogP contribution in [0.2, 0.25) is 0 Å². The molecule has 1 aromatic rings. The molecule has 2 bridgehead atoms. The lowest BCUT2D eigenvalue weighted by Gasteiger charge is -2.65. The summed E-state index contributed by atoms with van der Waals surface area (Å²) in [5.41, 5.74) is 1.52. The Kier molecular flexibility index (Phi) is 4.81. The van der Waals surface area contributed by atoms with Crippen LogP contribution in [-0.4, -0.2) is 71.6 Å². The minimum Gasteiger partial charge on any atom is -0.504 e. The van der Waals surface area contributed by atoms with E-state index in [0.29, 0.717) is 5.75 Å². The number of phenolic OH excluding ortho intramolecular Hbond substituents is 1. The van der Waals surface area contributed by atoms with Crippen molar-refractivity contribution < 1.29 is 24.5 Å². The van der Waals surface area contributed by atoms with E-state index in [0.717, 1.165) is 44.2 Å². The highest BCUT2D eigenvalue weighted by Crippen LogP contribution is 2.66. The average molecular weight is 431 g/mol. The molecule has 7 heteroatoms. The molecular weight excluding hydrogens is 396 g/mol. The maximum Gasteiger partial charge on any atom is 0.320 e. The third-order valence-corrected chi connectivity index (χ3v) is 8.93. The summed E-state index contributed by atoms with van der Waals surface area (Å²) in [6, 6.07) is 3.24. The van der Waals surface area contributed by atoms with Gasteiger partial charge in [-0.25, -0.2) is 0 Å². The standard InChI is InChI=1S/C24H34N2O5/c1-5-13(2)19(22(28)29)25-15-8-9-24(30-4)17-12-14-6-7-16(27)20-18(14)23(24,21(15)31-20)10-11-26(17)3/h6-7,13,15,17,19,21,25,27H,5,8-12H2,1-4H3,(H,28,29)/t13?,15-,17?,19?,21+,23+,24-/m1/s1. The van der Waals surface area contributed by atoms with Crippen molar-refractivity contribution in [3.63, 3.8) is 0 Å². The molecule has 170 valence electrons. The summed E-state index contributed by atoms with van der Waals surface area (Å²) in [6.07, 6.45) is 3.85. The van der Waals surface area contributed by atoms with Gasteiger partial charge in [0.25, 0.3) is 0 Å². The van der Waals surface area contributed by atoms with Crippen LogP contribution >= 0.6 is 0 Å². The van der Waals surface area contributed by atoms with Crippen molar-refractivity contribution in [1.29, 1.82) is 0 Å². The molecule has 0 aromatic heterocycles. The fourth-order valence-electron chi connectivity index (χ4n) is 7.26. The molecule has 1 saturated heterocycles. The molecule has 7 nitrogen and oxygen atoms in total. The number of hydrogen-bond acceptors (Lipinski definition) is 6. The van der Waals surface area contributed by atoms with Crippen molar-refractivity contribution in [3.8, 4) is 11.5 Å². The number of ether oxygens (including phenoxy) is 2. The minimum absolute atomic E-state index is 0.00782. The van der Waals surface area contributed by atoms with Crippen LogP contribution in [-0.2, 0) is 21.4 Å². The number of likely N-dealkylation sites (tertiary alicyclic amines) is 1. The van der Waals surface area contributed by atoms with Gasteiger partial charge in [-0.05, 0) is 56.8 Å². The second-order valence-corrected chi connectivity index (χ2v) is 10.0. The van der Waals surface area contributed by atoms with E-state index < -0.39 is 23.0 Å². The Hall–Kier alpha value is -1.83. The third-order valence-electron chi connectivity index (χ3n) is 8.93. The quantitative estimate of drug-likeness (QED) is 0.638. The van der Waals surface area contributed by atoms with Gasteiger partial charge < -0.3 is 24.6 Å². The molecule has 3 unspecified atom stereocenters. The highest BCUT2D eigenvalue weighted by atomic mass is 16.5. The topological polar surface area (TPSA) is 91.3 Å². The zero-order chi connectivity index (χ0) is 22.1. The van der Waals surface area contributed by atoms with Crippen molar-refractivity contribution in [2.45, 2.75) is 81.2 Å². The number of carbonyl (C=O) groups is 1. The van der Waals surface area contributed by atoms with Crippen LogP contribution in [0, 0.1) is 5.92 Å². The van der Waals surface area contributed by atoms with E-state index in [1.807, 2.05) is 27.0 Å². The molecule has 1 aromatic carbocycles. The van der Waals surface area contributed by atoms with Gasteiger partial charge in [0, 0.05) is 24.8 Å². The highest BCUT2D eigenvalue weighted by molar-refractivity contribution is 5.74. The number of nitrogens with one attached hydrogen (secondary N) is 1. The van der Waals surface area contributed by atoms with Crippen molar-refractivity contribution in [2.24, 2.45) is 5.92 Å². The van der Waals surface area contributed by atoms with Gasteiger partial charge in [0.1, 0.15) is 12.1 Å².